The summed E-state index contributed by atoms with van der Waals surface area (Å²) in [7, 11) is 0. The van der Waals surface area contributed by atoms with Crippen molar-refractivity contribution in [3.63, 3.8) is 0 Å². The van der Waals surface area contributed by atoms with Crippen LogP contribution in [0.5, 0.6) is 0 Å². The van der Waals surface area contributed by atoms with Gasteiger partial charge in [-0.05, 0) is 6.92 Å². The fraction of sp³-hybridized carbons (Fsp3) is 0.222. The van der Waals surface area contributed by atoms with E-state index in [1.54, 1.807) is 25.6 Å². The number of benzene rings is 1. The van der Waals surface area contributed by atoms with E-state index in [-0.39, 0.29) is 0 Å². The second-order valence-electron chi connectivity index (χ2n) is 5.72. The summed E-state index contributed by atoms with van der Waals surface area (Å²) < 4.78 is 1.86. The van der Waals surface area contributed by atoms with E-state index in [1.807, 2.05) is 41.8 Å². The third-order valence-corrected chi connectivity index (χ3v) is 3.83. The van der Waals surface area contributed by atoms with Crippen LogP contribution in [0.25, 0.3) is 22.5 Å². The molecule has 1 N–H and O–H groups in total. The minimum Gasteiger partial charge on any atom is -0.481 e. The molecule has 6 heteroatoms. The van der Waals surface area contributed by atoms with Gasteiger partial charge in [-0.15, -0.1) is 0 Å². The molecule has 0 aliphatic rings. The standard InChI is InChI=1S/C18H18N4O2/c1-12(18(23)24)10-22-11-21-16(14-6-4-3-5-7-14)17(22)15-8-19-13(2)20-9-15/h3-9,11-12H,10H2,1-2H3,(H,23,24)/t12-/m1/s1. The monoisotopic (exact) mass is 322 g/mol. The number of aryl methyl sites for hydroxylation is 1. The van der Waals surface area contributed by atoms with Crippen molar-refractivity contribution in [1.29, 1.82) is 0 Å². The first-order valence-electron chi connectivity index (χ1n) is 7.68. The van der Waals surface area contributed by atoms with Gasteiger partial charge in [0, 0.05) is 30.1 Å². The van der Waals surface area contributed by atoms with Gasteiger partial charge in [-0.3, -0.25) is 4.79 Å². The first-order chi connectivity index (χ1) is 11.6. The van der Waals surface area contributed by atoms with E-state index in [0.29, 0.717) is 12.4 Å². The average molecular weight is 322 g/mol. The van der Waals surface area contributed by atoms with Crippen molar-refractivity contribution in [1.82, 2.24) is 19.5 Å². The van der Waals surface area contributed by atoms with E-state index < -0.39 is 11.9 Å². The summed E-state index contributed by atoms with van der Waals surface area (Å²) in [5.41, 5.74) is 3.40. The minimum absolute atomic E-state index is 0.332. The number of carboxylic acids is 1. The number of aromatic nitrogens is 4. The van der Waals surface area contributed by atoms with E-state index in [2.05, 4.69) is 15.0 Å². The van der Waals surface area contributed by atoms with Crippen molar-refractivity contribution in [2.45, 2.75) is 20.4 Å². The Kier molecular flexibility index (Phi) is 4.37. The van der Waals surface area contributed by atoms with Gasteiger partial charge in [0.1, 0.15) is 5.82 Å². The van der Waals surface area contributed by atoms with Crippen molar-refractivity contribution in [3.8, 4) is 22.5 Å². The van der Waals surface area contributed by atoms with Crippen LogP contribution < -0.4 is 0 Å². The summed E-state index contributed by atoms with van der Waals surface area (Å²) in [6.45, 7) is 3.84. The van der Waals surface area contributed by atoms with Crippen LogP contribution in [0.1, 0.15) is 12.7 Å². The Morgan fingerprint density at radius 3 is 2.42 bits per heavy atom. The van der Waals surface area contributed by atoms with Crippen molar-refractivity contribution in [2.24, 2.45) is 5.92 Å². The zero-order valence-electron chi connectivity index (χ0n) is 13.5. The molecule has 122 valence electrons. The molecule has 0 amide bonds. The van der Waals surface area contributed by atoms with Crippen LogP contribution in [-0.4, -0.2) is 30.6 Å². The third kappa shape index (κ3) is 3.17. The maximum Gasteiger partial charge on any atom is 0.308 e. The summed E-state index contributed by atoms with van der Waals surface area (Å²) in [5.74, 6) is -0.672. The van der Waals surface area contributed by atoms with Crippen LogP contribution in [0.3, 0.4) is 0 Å². The van der Waals surface area contributed by atoms with E-state index in [4.69, 9.17) is 0 Å². The van der Waals surface area contributed by atoms with Crippen molar-refractivity contribution in [2.75, 3.05) is 0 Å². The van der Waals surface area contributed by atoms with Crippen LogP contribution in [0.4, 0.5) is 0 Å². The molecule has 24 heavy (non-hydrogen) atoms. The Bertz CT molecular complexity index is 841. The number of rotatable bonds is 5. The van der Waals surface area contributed by atoms with Crippen LogP contribution in [0.2, 0.25) is 0 Å². The lowest BCUT2D eigenvalue weighted by atomic mass is 10.1. The fourth-order valence-electron chi connectivity index (χ4n) is 2.52. The average Bonchev–Trinajstić information content (AvgIpc) is 3.00. The van der Waals surface area contributed by atoms with Crippen LogP contribution in [0, 0.1) is 12.8 Å². The SMILES string of the molecule is Cc1ncc(-c2c(-c3ccccc3)ncn2C[C@@H](C)C(=O)O)cn1. The highest BCUT2D eigenvalue weighted by Gasteiger charge is 2.19. The molecule has 0 fully saturated rings. The molecule has 2 heterocycles. The third-order valence-electron chi connectivity index (χ3n) is 3.83. The van der Waals surface area contributed by atoms with Crippen LogP contribution in [-0.2, 0) is 11.3 Å². The molecule has 2 aromatic heterocycles. The van der Waals surface area contributed by atoms with E-state index in [0.717, 1.165) is 22.5 Å². The number of hydrogen-bond donors (Lipinski definition) is 1. The quantitative estimate of drug-likeness (QED) is 0.781. The molecule has 0 saturated heterocycles. The first kappa shape index (κ1) is 15.9. The summed E-state index contributed by atoms with van der Waals surface area (Å²) in [6, 6.07) is 9.80. The molecule has 0 spiro atoms. The highest BCUT2D eigenvalue weighted by atomic mass is 16.4. The Hall–Kier alpha value is -3.02. The molecule has 0 radical (unpaired) electrons. The van der Waals surface area contributed by atoms with Crippen molar-refractivity contribution < 1.29 is 9.90 Å². The van der Waals surface area contributed by atoms with E-state index in [1.165, 1.54) is 0 Å². The molecule has 3 rings (SSSR count). The largest absolute Gasteiger partial charge is 0.481 e. The predicted octanol–water partition coefficient (Wildman–Crippen LogP) is 3.04. The molecule has 1 atom stereocenters. The first-order valence-corrected chi connectivity index (χ1v) is 7.68. The van der Waals surface area contributed by atoms with Gasteiger partial charge < -0.3 is 9.67 Å². The molecule has 0 aliphatic heterocycles. The number of nitrogens with zero attached hydrogens (tertiary/aromatic N) is 4. The smallest absolute Gasteiger partial charge is 0.308 e. The Morgan fingerprint density at radius 1 is 1.12 bits per heavy atom. The predicted molar refractivity (Wildman–Crippen MR) is 90.2 cm³/mol. The maximum absolute atomic E-state index is 11.2. The van der Waals surface area contributed by atoms with Crippen LogP contribution >= 0.6 is 0 Å². The lowest BCUT2D eigenvalue weighted by molar-refractivity contribution is -0.141. The van der Waals surface area contributed by atoms with Gasteiger partial charge in [0.15, 0.2) is 0 Å². The fourth-order valence-corrected chi connectivity index (χ4v) is 2.52. The van der Waals surface area contributed by atoms with Gasteiger partial charge >= 0.3 is 5.97 Å². The van der Waals surface area contributed by atoms with Gasteiger partial charge in [0.05, 0.1) is 23.6 Å². The summed E-state index contributed by atoms with van der Waals surface area (Å²) in [5, 5.41) is 9.21. The maximum atomic E-state index is 11.2. The topological polar surface area (TPSA) is 80.9 Å². The Balaban J connectivity index is 2.12. The van der Waals surface area contributed by atoms with E-state index in [9.17, 15) is 9.90 Å². The highest BCUT2D eigenvalue weighted by Crippen LogP contribution is 2.31. The van der Waals surface area contributed by atoms with Crippen molar-refractivity contribution >= 4 is 5.97 Å². The molecule has 6 nitrogen and oxygen atoms in total. The minimum atomic E-state index is -0.837. The molecule has 0 unspecified atom stereocenters. The zero-order valence-corrected chi connectivity index (χ0v) is 13.5. The number of carbonyl (C=O) groups is 1. The molecular weight excluding hydrogens is 304 g/mol. The number of carboxylic acid groups (broad SMARTS) is 1. The van der Waals surface area contributed by atoms with Crippen molar-refractivity contribution in [3.05, 3.63) is 54.9 Å². The normalized spacial score (nSPS) is 12.1. The molecule has 0 bridgehead atoms. The Morgan fingerprint density at radius 2 is 1.79 bits per heavy atom. The van der Waals surface area contributed by atoms with Gasteiger partial charge in [-0.2, -0.15) is 0 Å². The molecule has 0 aliphatic carbocycles. The van der Waals surface area contributed by atoms with E-state index >= 15 is 0 Å². The second kappa shape index (κ2) is 6.62. The molecule has 3 aromatic rings. The van der Waals surface area contributed by atoms with Gasteiger partial charge in [0.2, 0.25) is 0 Å². The lowest BCUT2D eigenvalue weighted by Gasteiger charge is -2.12. The van der Waals surface area contributed by atoms with Crippen LogP contribution in [0.15, 0.2) is 49.1 Å². The van der Waals surface area contributed by atoms with Gasteiger partial charge in [0.25, 0.3) is 0 Å². The molecular formula is C18H18N4O2. The summed E-state index contributed by atoms with van der Waals surface area (Å²) in [4.78, 5) is 24.2. The number of hydrogen-bond acceptors (Lipinski definition) is 4. The molecule has 1 aromatic carbocycles. The second-order valence-corrected chi connectivity index (χ2v) is 5.72. The Labute approximate surface area is 139 Å². The number of imidazole rings is 1. The highest BCUT2D eigenvalue weighted by molar-refractivity contribution is 5.78. The summed E-state index contributed by atoms with van der Waals surface area (Å²) >= 11 is 0. The van der Waals surface area contributed by atoms with Gasteiger partial charge in [-0.1, -0.05) is 37.3 Å². The lowest BCUT2D eigenvalue weighted by Crippen LogP contribution is -2.17. The number of aliphatic carboxylic acids is 1. The zero-order chi connectivity index (χ0) is 17.1. The molecule has 0 saturated carbocycles. The van der Waals surface area contributed by atoms with Gasteiger partial charge in [-0.25, -0.2) is 15.0 Å². The summed E-state index contributed by atoms with van der Waals surface area (Å²) in [6.07, 6.45) is 5.17.